The summed E-state index contributed by atoms with van der Waals surface area (Å²) in [4.78, 5) is 17.0. The molecule has 8 heteroatoms. The number of aryl methyl sites for hydroxylation is 1. The molecule has 0 spiro atoms. The molecule has 2 aromatic heterocycles. The maximum atomic E-state index is 11.8. The van der Waals surface area contributed by atoms with Crippen LogP contribution >= 0.6 is 23.6 Å². The van der Waals surface area contributed by atoms with E-state index < -0.39 is 5.91 Å². The van der Waals surface area contributed by atoms with Crippen LogP contribution < -0.4 is 21.9 Å². The summed E-state index contributed by atoms with van der Waals surface area (Å²) in [6, 6.07) is 3.39. The number of fused-ring (bicyclic) bond motifs is 1. The molecule has 3 rings (SSSR count). The quantitative estimate of drug-likeness (QED) is 0.571. The van der Waals surface area contributed by atoms with Crippen molar-refractivity contribution in [2.75, 3.05) is 5.73 Å². The van der Waals surface area contributed by atoms with Crippen molar-refractivity contribution in [1.29, 1.82) is 0 Å². The van der Waals surface area contributed by atoms with Gasteiger partial charge in [0.1, 0.15) is 11.6 Å². The molecule has 0 atom stereocenters. The number of carbonyl (C=O) groups is 1. The summed E-state index contributed by atoms with van der Waals surface area (Å²) >= 11 is 6.73. The molecule has 0 saturated heterocycles. The number of nitrogens with zero attached hydrogens (tertiary/aromatic N) is 1. The van der Waals surface area contributed by atoms with Crippen molar-refractivity contribution in [1.82, 2.24) is 4.98 Å². The van der Waals surface area contributed by atoms with E-state index in [1.54, 1.807) is 19.1 Å². The molecule has 1 aliphatic rings. The van der Waals surface area contributed by atoms with E-state index in [1.165, 1.54) is 17.5 Å². The second kappa shape index (κ2) is 6.21. The molecule has 0 aliphatic heterocycles. The van der Waals surface area contributed by atoms with E-state index in [9.17, 15) is 4.79 Å². The van der Waals surface area contributed by atoms with Crippen molar-refractivity contribution in [2.45, 2.75) is 19.8 Å². The fourth-order valence-electron chi connectivity index (χ4n) is 2.65. The molecule has 6 N–H and O–H groups in total. The summed E-state index contributed by atoms with van der Waals surface area (Å²) in [5, 5.41) is 0.525. The number of rotatable bonds is 3. The molecule has 2 aromatic rings. The first-order valence-electron chi connectivity index (χ1n) is 7.24. The number of thiophene rings is 1. The third-order valence-electron chi connectivity index (χ3n) is 3.82. The van der Waals surface area contributed by atoms with Crippen molar-refractivity contribution < 1.29 is 9.53 Å². The van der Waals surface area contributed by atoms with E-state index >= 15 is 0 Å². The normalized spacial score (nSPS) is 15.4. The van der Waals surface area contributed by atoms with Gasteiger partial charge in [-0.15, -0.1) is 0 Å². The lowest BCUT2D eigenvalue weighted by Gasteiger charge is -2.18. The molecule has 0 bridgehead atoms. The molecule has 0 aromatic carbocycles. The van der Waals surface area contributed by atoms with Crippen LogP contribution in [-0.4, -0.2) is 15.8 Å². The van der Waals surface area contributed by atoms with Crippen LogP contribution in [-0.2, 0) is 6.42 Å². The van der Waals surface area contributed by atoms with E-state index in [0.29, 0.717) is 44.9 Å². The highest BCUT2D eigenvalue weighted by Gasteiger charge is 2.30. The van der Waals surface area contributed by atoms with Crippen LogP contribution in [0.5, 0.6) is 10.8 Å². The number of allylic oxidation sites excluding steroid dienone is 1. The molecule has 124 valence electrons. The Bertz CT molecular complexity index is 886. The first kappa shape index (κ1) is 16.4. The van der Waals surface area contributed by atoms with Crippen molar-refractivity contribution in [3.05, 3.63) is 45.6 Å². The van der Waals surface area contributed by atoms with Gasteiger partial charge in [-0.3, -0.25) is 4.79 Å². The Morgan fingerprint density at radius 2 is 2.17 bits per heavy atom. The summed E-state index contributed by atoms with van der Waals surface area (Å²) in [6.45, 7) is 1.80. The van der Waals surface area contributed by atoms with Gasteiger partial charge in [-0.25, -0.2) is 4.98 Å². The Labute approximate surface area is 148 Å². The van der Waals surface area contributed by atoms with E-state index in [4.69, 9.17) is 34.2 Å². The third kappa shape index (κ3) is 2.74. The van der Waals surface area contributed by atoms with Crippen LogP contribution in [0.2, 0.25) is 0 Å². The Kier molecular flexibility index (Phi) is 4.25. The number of nitrogens with two attached hydrogens (primary N) is 3. The maximum Gasteiger partial charge on any atom is 0.259 e. The summed E-state index contributed by atoms with van der Waals surface area (Å²) in [5.41, 5.74) is 19.9. The zero-order valence-electron chi connectivity index (χ0n) is 13.0. The van der Waals surface area contributed by atoms with Crippen LogP contribution in [0.25, 0.3) is 0 Å². The fourth-order valence-corrected chi connectivity index (χ4v) is 4.17. The number of hydrogen-bond acceptors (Lipinski definition) is 7. The van der Waals surface area contributed by atoms with E-state index in [1.807, 2.05) is 0 Å². The molecule has 0 unspecified atom stereocenters. The fraction of sp³-hybridized carbons (Fsp3) is 0.188. The molecule has 2 heterocycles. The van der Waals surface area contributed by atoms with E-state index in [2.05, 4.69) is 4.98 Å². The molecule has 6 nitrogen and oxygen atoms in total. The first-order chi connectivity index (χ1) is 11.4. The minimum Gasteiger partial charge on any atom is -0.444 e. The Balaban J connectivity index is 2.11. The number of thiocarbonyl (C=S) groups is 1. The van der Waals surface area contributed by atoms with Gasteiger partial charge in [-0.2, -0.15) is 0 Å². The average Bonchev–Trinajstić information content (AvgIpc) is 2.90. The zero-order valence-corrected chi connectivity index (χ0v) is 14.6. The Morgan fingerprint density at radius 1 is 1.42 bits per heavy atom. The van der Waals surface area contributed by atoms with Crippen molar-refractivity contribution >= 4 is 40.1 Å². The molecular formula is C16H16N4O2S2. The SMILES string of the molecule is Cc1nc(N)ccc1Oc1sc(C(N)=O)c2c1C(=S)C(=CN)CC2. The Hall–Kier alpha value is -2.45. The predicted molar refractivity (Wildman–Crippen MR) is 98.6 cm³/mol. The first-order valence-corrected chi connectivity index (χ1v) is 8.46. The van der Waals surface area contributed by atoms with Gasteiger partial charge in [-0.1, -0.05) is 23.6 Å². The van der Waals surface area contributed by atoms with Crippen LogP contribution in [0.4, 0.5) is 5.82 Å². The number of hydrogen-bond donors (Lipinski definition) is 3. The van der Waals surface area contributed by atoms with Gasteiger partial charge in [0.05, 0.1) is 21.0 Å². The van der Waals surface area contributed by atoms with Gasteiger partial charge in [0.2, 0.25) is 0 Å². The number of amides is 1. The molecule has 24 heavy (non-hydrogen) atoms. The van der Waals surface area contributed by atoms with Gasteiger partial charge in [0.15, 0.2) is 5.06 Å². The van der Waals surface area contributed by atoms with Gasteiger partial charge < -0.3 is 21.9 Å². The van der Waals surface area contributed by atoms with Gasteiger partial charge >= 0.3 is 0 Å². The van der Waals surface area contributed by atoms with Crippen molar-refractivity contribution in [2.24, 2.45) is 11.5 Å². The molecule has 1 amide bonds. The second-order valence-corrected chi connectivity index (χ2v) is 6.77. The maximum absolute atomic E-state index is 11.8. The van der Waals surface area contributed by atoms with Crippen molar-refractivity contribution in [3.8, 4) is 10.8 Å². The highest BCUT2D eigenvalue weighted by molar-refractivity contribution is 7.81. The number of aromatic nitrogens is 1. The molecule has 0 fully saturated rings. The minimum atomic E-state index is -0.485. The van der Waals surface area contributed by atoms with Crippen LogP contribution in [0.15, 0.2) is 23.9 Å². The molecule has 0 radical (unpaired) electrons. The summed E-state index contributed by atoms with van der Waals surface area (Å²) in [5.74, 6) is 0.479. The van der Waals surface area contributed by atoms with E-state index in [-0.39, 0.29) is 0 Å². The lowest BCUT2D eigenvalue weighted by molar-refractivity contribution is 0.100. The molecular weight excluding hydrogens is 344 g/mol. The molecule has 0 saturated carbocycles. The summed E-state index contributed by atoms with van der Waals surface area (Å²) < 4.78 is 5.99. The van der Waals surface area contributed by atoms with E-state index in [0.717, 1.165) is 16.7 Å². The monoisotopic (exact) mass is 360 g/mol. The smallest absolute Gasteiger partial charge is 0.259 e. The average molecular weight is 360 g/mol. The predicted octanol–water partition coefficient (Wildman–Crippen LogP) is 2.43. The number of carbonyl (C=O) groups excluding carboxylic acids is 1. The summed E-state index contributed by atoms with van der Waals surface area (Å²) in [6.07, 6.45) is 2.84. The minimum absolute atomic E-state index is 0.412. The third-order valence-corrected chi connectivity index (χ3v) is 5.42. The number of anilines is 1. The summed E-state index contributed by atoms with van der Waals surface area (Å²) in [7, 11) is 0. The number of primary amides is 1. The van der Waals surface area contributed by atoms with Gasteiger partial charge in [-0.05, 0) is 49.2 Å². The number of ether oxygens (including phenoxy) is 1. The second-order valence-electron chi connectivity index (χ2n) is 5.38. The standard InChI is InChI=1S/C16H16N4O2S2/c1-7-10(4-5-11(18)20-7)22-16-12-9(14(24-16)15(19)21)3-2-8(6-17)13(12)23/h4-6H,2-3,17H2,1H3,(H2,18,20)(H2,19,21). The lowest BCUT2D eigenvalue weighted by Crippen LogP contribution is -2.17. The van der Waals surface area contributed by atoms with Crippen LogP contribution in [0, 0.1) is 6.92 Å². The zero-order chi connectivity index (χ0) is 17.4. The lowest BCUT2D eigenvalue weighted by atomic mass is 9.89. The van der Waals surface area contributed by atoms with Crippen LogP contribution in [0.3, 0.4) is 0 Å². The van der Waals surface area contributed by atoms with Gasteiger partial charge in [0, 0.05) is 0 Å². The number of nitrogen functional groups attached to an aromatic ring is 1. The Morgan fingerprint density at radius 3 is 2.79 bits per heavy atom. The van der Waals surface area contributed by atoms with Gasteiger partial charge in [0.25, 0.3) is 5.91 Å². The highest BCUT2D eigenvalue weighted by atomic mass is 32.1. The number of pyridine rings is 1. The topological polar surface area (TPSA) is 117 Å². The molecule has 1 aliphatic carbocycles. The van der Waals surface area contributed by atoms with Crippen molar-refractivity contribution in [3.63, 3.8) is 0 Å². The largest absolute Gasteiger partial charge is 0.444 e. The van der Waals surface area contributed by atoms with Crippen LogP contribution in [0.1, 0.15) is 32.9 Å². The highest BCUT2D eigenvalue weighted by Crippen LogP contribution is 2.43.